The highest BCUT2D eigenvalue weighted by molar-refractivity contribution is 6.07. The Bertz CT molecular complexity index is 2710. The van der Waals surface area contributed by atoms with Crippen molar-refractivity contribution >= 4 is 67.6 Å². The molecule has 4 N–H and O–H groups in total. The molecule has 4 aromatic carbocycles. The van der Waals surface area contributed by atoms with Crippen molar-refractivity contribution < 1.29 is 38.5 Å². The number of aromatic nitrogens is 4. The predicted octanol–water partition coefficient (Wildman–Crippen LogP) is 7.25. The summed E-state index contributed by atoms with van der Waals surface area (Å²) in [7, 11) is 5.85. The molecule has 0 spiro atoms. The maximum absolute atomic E-state index is 14.1. The Morgan fingerprint density at radius 3 is 1.87 bits per heavy atom. The molecule has 0 radical (unpaired) electrons. The maximum atomic E-state index is 14.1. The van der Waals surface area contributed by atoms with Crippen LogP contribution in [0.15, 0.2) is 60.7 Å². The summed E-state index contributed by atoms with van der Waals surface area (Å²) in [6, 6.07) is 18.4. The lowest BCUT2D eigenvalue weighted by molar-refractivity contribution is -0.139. The molecule has 332 valence electrons. The van der Waals surface area contributed by atoms with Crippen LogP contribution < -0.4 is 5.32 Å². The molecule has 7 atom stereocenters. The molecule has 0 bridgehead atoms. The number of nitrogens with one attached hydrogen (secondary N) is 3. The van der Waals surface area contributed by atoms with Crippen LogP contribution in [0.1, 0.15) is 64.3 Å². The fourth-order valence-electron chi connectivity index (χ4n) is 9.73. The molecule has 2 aromatic heterocycles. The highest BCUT2D eigenvalue weighted by atomic mass is 16.5. The second kappa shape index (κ2) is 17.5. The molecule has 6 aromatic rings. The van der Waals surface area contributed by atoms with E-state index in [1.165, 1.54) is 21.3 Å². The average molecular weight is 861 g/mol. The Balaban J connectivity index is 1.07. The van der Waals surface area contributed by atoms with Gasteiger partial charge in [0, 0.05) is 51.0 Å². The van der Waals surface area contributed by atoms with E-state index in [0.29, 0.717) is 37.8 Å². The van der Waals surface area contributed by atoms with Gasteiger partial charge < -0.3 is 44.4 Å². The SMILES string of the molecule is COC[C@H]1C[C@@H](c2nc3ccc4cc(-c5ccc6c(ccc7nc([C@@H]8C[C@H](C)CN8C(=O)[C@H](C(C)C)N(C)C(=O)O)[nH]c76)c5)ccc4c3[nH]2)N(C(=O)[C@@H](NC(=O)OC)[C@@H](C)OC)C1. The van der Waals surface area contributed by atoms with Gasteiger partial charge in [0.1, 0.15) is 23.7 Å². The van der Waals surface area contributed by atoms with Crippen molar-refractivity contribution in [2.45, 2.75) is 70.8 Å². The Labute approximate surface area is 365 Å². The van der Waals surface area contributed by atoms with Crippen molar-refractivity contribution in [1.29, 1.82) is 0 Å². The molecule has 4 heterocycles. The van der Waals surface area contributed by atoms with E-state index in [-0.39, 0.29) is 41.7 Å². The molecule has 2 aliphatic heterocycles. The van der Waals surface area contributed by atoms with Crippen LogP contribution >= 0.6 is 0 Å². The van der Waals surface area contributed by atoms with Gasteiger partial charge >= 0.3 is 12.2 Å². The number of aromatic amines is 2. The molecular formula is C47H56N8O8. The number of ether oxygens (including phenoxy) is 3. The van der Waals surface area contributed by atoms with Crippen LogP contribution in [0.4, 0.5) is 9.59 Å². The zero-order chi connectivity index (χ0) is 44.9. The third-order valence-electron chi connectivity index (χ3n) is 13.0. The van der Waals surface area contributed by atoms with Crippen LogP contribution in [0.25, 0.3) is 54.7 Å². The number of likely N-dealkylation sites (N-methyl/N-ethyl adjacent to an activating group) is 1. The molecule has 63 heavy (non-hydrogen) atoms. The number of imidazole rings is 2. The van der Waals surface area contributed by atoms with E-state index >= 15 is 0 Å². The maximum Gasteiger partial charge on any atom is 0.407 e. The normalized spacial score (nSPS) is 20.5. The average Bonchev–Trinajstić information content (AvgIpc) is 4.09. The van der Waals surface area contributed by atoms with Crippen LogP contribution in [-0.4, -0.2) is 130 Å². The molecule has 2 saturated heterocycles. The molecule has 4 amide bonds. The topological polar surface area (TPSA) is 195 Å². The molecule has 0 saturated carbocycles. The first-order valence-electron chi connectivity index (χ1n) is 21.5. The van der Waals surface area contributed by atoms with Gasteiger partial charge in [-0.2, -0.15) is 0 Å². The van der Waals surface area contributed by atoms with Crippen molar-refractivity contribution in [2.24, 2.45) is 17.8 Å². The van der Waals surface area contributed by atoms with Gasteiger partial charge in [-0.3, -0.25) is 14.5 Å². The van der Waals surface area contributed by atoms with Crippen LogP contribution in [0.3, 0.4) is 0 Å². The number of hydrogen-bond acceptors (Lipinski definition) is 9. The number of carbonyl (C=O) groups excluding carboxylic acids is 3. The van der Waals surface area contributed by atoms with E-state index in [4.69, 9.17) is 24.2 Å². The lowest BCUT2D eigenvalue weighted by Gasteiger charge is -2.33. The molecule has 0 aliphatic carbocycles. The van der Waals surface area contributed by atoms with Crippen molar-refractivity contribution in [3.05, 3.63) is 72.3 Å². The summed E-state index contributed by atoms with van der Waals surface area (Å²) in [4.78, 5) is 74.0. The molecule has 8 rings (SSSR count). The Morgan fingerprint density at radius 1 is 0.810 bits per heavy atom. The molecule has 0 unspecified atom stereocenters. The first-order chi connectivity index (χ1) is 30.2. The first kappa shape index (κ1) is 43.4. The van der Waals surface area contributed by atoms with Gasteiger partial charge in [-0.1, -0.05) is 57.2 Å². The fraction of sp³-hybridized carbons (Fsp3) is 0.447. The molecule has 16 heteroatoms. The number of carboxylic acid groups (broad SMARTS) is 1. The predicted molar refractivity (Wildman–Crippen MR) is 239 cm³/mol. The van der Waals surface area contributed by atoms with E-state index in [0.717, 1.165) is 66.1 Å². The van der Waals surface area contributed by atoms with Gasteiger partial charge in [0.05, 0.1) is 54.0 Å². The number of rotatable bonds is 12. The summed E-state index contributed by atoms with van der Waals surface area (Å²) in [6.07, 6.45) is -1.10. The number of alkyl carbamates (subject to hydrolysis) is 1. The van der Waals surface area contributed by atoms with E-state index in [1.54, 1.807) is 23.8 Å². The lowest BCUT2D eigenvalue weighted by Crippen LogP contribution is -2.54. The fourth-order valence-corrected chi connectivity index (χ4v) is 9.73. The van der Waals surface area contributed by atoms with Gasteiger partial charge in [-0.05, 0) is 77.8 Å². The van der Waals surface area contributed by atoms with Crippen LogP contribution in [0, 0.1) is 17.8 Å². The number of likely N-dealkylation sites (tertiary alicyclic amines) is 2. The minimum absolute atomic E-state index is 0.0654. The standard InChI is InChI=1S/C47H56N8O8/c1-24(2)41(53(5)47(59)60)45(57)54-21-25(3)17-36(54)42-48-34-15-11-30-19-28(9-13-32(30)39(34)50-42)29-10-14-33-31(20-29)12-16-35-40(33)51-43(49-35)37-18-27(23-61-6)22-55(37)44(56)38(26(4)62-7)52-46(58)63-8/h9-16,19-20,24-27,36-38,41H,17-18,21-23H2,1-8H3,(H,48,50)(H,49,51)(H,52,58)(H,59,60)/t25-,26+,27-,36-,37-,38-,41-/m0/s1. The molecule has 2 fully saturated rings. The Hall–Kier alpha value is -6.26. The quantitative estimate of drug-likeness (QED) is 0.0973. The minimum atomic E-state index is -1.13. The first-order valence-corrected chi connectivity index (χ1v) is 21.5. The van der Waals surface area contributed by atoms with E-state index in [2.05, 4.69) is 70.7 Å². The Kier molecular flexibility index (Phi) is 12.0. The van der Waals surface area contributed by atoms with Gasteiger partial charge in [-0.15, -0.1) is 0 Å². The van der Waals surface area contributed by atoms with Crippen molar-refractivity contribution in [1.82, 2.24) is 40.0 Å². The number of H-pyrrole nitrogens is 2. The second-order valence-electron chi connectivity index (χ2n) is 17.6. The monoisotopic (exact) mass is 860 g/mol. The zero-order valence-corrected chi connectivity index (χ0v) is 37.0. The number of nitrogens with zero attached hydrogens (tertiary/aromatic N) is 5. The summed E-state index contributed by atoms with van der Waals surface area (Å²) in [5.41, 5.74) is 5.42. The van der Waals surface area contributed by atoms with Gasteiger partial charge in [-0.25, -0.2) is 19.6 Å². The molecular weight excluding hydrogens is 805 g/mol. The summed E-state index contributed by atoms with van der Waals surface area (Å²) in [5, 5.41) is 16.5. The number of benzene rings is 4. The number of fused-ring (bicyclic) bond motifs is 6. The molecule has 2 aliphatic rings. The third kappa shape index (κ3) is 8.13. The summed E-state index contributed by atoms with van der Waals surface area (Å²) >= 11 is 0. The minimum Gasteiger partial charge on any atom is -0.465 e. The highest BCUT2D eigenvalue weighted by Gasteiger charge is 2.43. The van der Waals surface area contributed by atoms with E-state index in [1.807, 2.05) is 26.0 Å². The van der Waals surface area contributed by atoms with Crippen LogP contribution in [-0.2, 0) is 23.8 Å². The van der Waals surface area contributed by atoms with Crippen molar-refractivity contribution in [2.75, 3.05) is 48.1 Å². The van der Waals surface area contributed by atoms with Crippen molar-refractivity contribution in [3.63, 3.8) is 0 Å². The van der Waals surface area contributed by atoms with Gasteiger partial charge in [0.2, 0.25) is 11.8 Å². The van der Waals surface area contributed by atoms with E-state index in [9.17, 15) is 24.3 Å². The number of amides is 4. The number of carbonyl (C=O) groups is 4. The second-order valence-corrected chi connectivity index (χ2v) is 17.6. The van der Waals surface area contributed by atoms with Crippen LogP contribution in [0.2, 0.25) is 0 Å². The van der Waals surface area contributed by atoms with Crippen LogP contribution in [0.5, 0.6) is 0 Å². The number of hydrogen-bond donors (Lipinski definition) is 4. The summed E-state index contributed by atoms with van der Waals surface area (Å²) in [5.74, 6) is 0.959. The van der Waals surface area contributed by atoms with Gasteiger partial charge in [0.25, 0.3) is 0 Å². The van der Waals surface area contributed by atoms with E-state index < -0.39 is 30.4 Å². The largest absolute Gasteiger partial charge is 0.465 e. The number of methoxy groups -OCH3 is 3. The third-order valence-corrected chi connectivity index (χ3v) is 13.0. The molecule has 16 nitrogen and oxygen atoms in total. The summed E-state index contributed by atoms with van der Waals surface area (Å²) < 4.78 is 15.8. The summed E-state index contributed by atoms with van der Waals surface area (Å²) in [6.45, 7) is 9.01. The van der Waals surface area contributed by atoms with Gasteiger partial charge in [0.15, 0.2) is 0 Å². The Morgan fingerprint density at radius 2 is 1.37 bits per heavy atom. The van der Waals surface area contributed by atoms with Crippen molar-refractivity contribution in [3.8, 4) is 11.1 Å². The highest BCUT2D eigenvalue weighted by Crippen LogP contribution is 2.40. The lowest BCUT2D eigenvalue weighted by atomic mass is 9.98. The zero-order valence-electron chi connectivity index (χ0n) is 37.0. The smallest absolute Gasteiger partial charge is 0.407 e.